The van der Waals surface area contributed by atoms with Crippen molar-refractivity contribution in [1.82, 2.24) is 4.90 Å². The lowest BCUT2D eigenvalue weighted by Gasteiger charge is -2.20. The number of carbonyl (C=O) groups is 1. The molecule has 1 saturated carbocycles. The summed E-state index contributed by atoms with van der Waals surface area (Å²) in [7, 11) is 0. The fraction of sp³-hybridized carbons (Fsp3) is 0.462. The topological polar surface area (TPSA) is 52.6 Å². The van der Waals surface area contributed by atoms with Crippen LogP contribution in [0, 0.1) is 5.82 Å². The maximum absolute atomic E-state index is 13.5. The number of carbonyl (C=O) groups excluding carboxylic acids is 1. The van der Waals surface area contributed by atoms with E-state index in [0.29, 0.717) is 12.6 Å². The van der Waals surface area contributed by atoms with Crippen LogP contribution in [0.4, 0.5) is 10.1 Å². The molecule has 1 aromatic rings. The van der Waals surface area contributed by atoms with Crippen LogP contribution < -0.4 is 5.32 Å². The fourth-order valence-corrected chi connectivity index (χ4v) is 2.08. The van der Waals surface area contributed by atoms with Gasteiger partial charge >= 0.3 is 0 Å². The molecule has 0 saturated heterocycles. The van der Waals surface area contributed by atoms with Crippen LogP contribution in [0.25, 0.3) is 0 Å². The van der Waals surface area contributed by atoms with Crippen molar-refractivity contribution in [2.45, 2.75) is 18.9 Å². The lowest BCUT2D eigenvalue weighted by molar-refractivity contribution is -0.117. The molecule has 0 bridgehead atoms. The number of anilines is 1. The smallest absolute Gasteiger partial charge is 0.238 e. The molecule has 0 spiro atoms. The fourth-order valence-electron chi connectivity index (χ4n) is 1.92. The van der Waals surface area contributed by atoms with Gasteiger partial charge in [-0.05, 0) is 31.0 Å². The van der Waals surface area contributed by atoms with Crippen molar-refractivity contribution in [2.75, 3.05) is 25.0 Å². The first-order valence-electron chi connectivity index (χ1n) is 6.20. The Bertz CT molecular complexity index is 466. The maximum atomic E-state index is 13.5. The van der Waals surface area contributed by atoms with Gasteiger partial charge in [0.25, 0.3) is 0 Å². The molecule has 0 unspecified atom stereocenters. The molecule has 1 aromatic carbocycles. The molecule has 0 atom stereocenters. The zero-order chi connectivity index (χ0) is 13.8. The number of aliphatic hydroxyl groups excluding tert-OH is 1. The zero-order valence-electron chi connectivity index (χ0n) is 10.4. The second-order valence-electron chi connectivity index (χ2n) is 4.60. The molecule has 0 aromatic heterocycles. The van der Waals surface area contributed by atoms with Crippen LogP contribution >= 0.6 is 11.6 Å². The third-order valence-corrected chi connectivity index (χ3v) is 3.24. The van der Waals surface area contributed by atoms with Gasteiger partial charge in [-0.2, -0.15) is 0 Å². The standard InChI is InChI=1S/C13H16ClFN2O2/c14-9-1-4-12(11(15)7-9)16-13(19)8-17(5-6-18)10-2-3-10/h1,4,7,10,18H,2-3,5-6,8H2,(H,16,19). The minimum atomic E-state index is -0.555. The molecule has 1 amide bonds. The highest BCUT2D eigenvalue weighted by atomic mass is 35.5. The van der Waals surface area contributed by atoms with Gasteiger partial charge in [-0.25, -0.2) is 4.39 Å². The van der Waals surface area contributed by atoms with Gasteiger partial charge in [0.15, 0.2) is 0 Å². The number of aliphatic hydroxyl groups is 1. The van der Waals surface area contributed by atoms with E-state index in [1.807, 2.05) is 4.90 Å². The summed E-state index contributed by atoms with van der Waals surface area (Å²) in [5.41, 5.74) is 0.120. The predicted molar refractivity (Wildman–Crippen MR) is 71.7 cm³/mol. The number of rotatable bonds is 6. The zero-order valence-corrected chi connectivity index (χ0v) is 11.2. The van der Waals surface area contributed by atoms with Crippen LogP contribution in [-0.2, 0) is 4.79 Å². The molecular weight excluding hydrogens is 271 g/mol. The average molecular weight is 287 g/mol. The Kier molecular flexibility index (Phi) is 4.74. The number of halogens is 2. The SMILES string of the molecule is O=C(CN(CCO)C1CC1)Nc1ccc(Cl)cc1F. The van der Waals surface area contributed by atoms with Crippen LogP contribution in [0.15, 0.2) is 18.2 Å². The van der Waals surface area contributed by atoms with Crippen molar-refractivity contribution < 1.29 is 14.3 Å². The minimum absolute atomic E-state index is 0.0130. The Morgan fingerprint density at radius 3 is 2.84 bits per heavy atom. The first kappa shape index (κ1) is 14.2. The first-order chi connectivity index (χ1) is 9.10. The van der Waals surface area contributed by atoms with Crippen molar-refractivity contribution in [3.05, 3.63) is 29.0 Å². The number of hydrogen-bond donors (Lipinski definition) is 2. The van der Waals surface area contributed by atoms with E-state index in [2.05, 4.69) is 5.32 Å². The molecule has 2 rings (SSSR count). The van der Waals surface area contributed by atoms with Crippen molar-refractivity contribution >= 4 is 23.2 Å². The van der Waals surface area contributed by atoms with Crippen LogP contribution in [-0.4, -0.2) is 41.7 Å². The molecule has 4 nitrogen and oxygen atoms in total. The van der Waals surface area contributed by atoms with Crippen LogP contribution in [0.3, 0.4) is 0 Å². The second-order valence-corrected chi connectivity index (χ2v) is 5.03. The Morgan fingerprint density at radius 1 is 1.53 bits per heavy atom. The van der Waals surface area contributed by atoms with E-state index >= 15 is 0 Å². The van der Waals surface area contributed by atoms with E-state index in [0.717, 1.165) is 18.9 Å². The summed E-state index contributed by atoms with van der Waals surface area (Å²) < 4.78 is 13.5. The Hall–Kier alpha value is -1.17. The van der Waals surface area contributed by atoms with Crippen LogP contribution in [0.5, 0.6) is 0 Å². The van der Waals surface area contributed by atoms with E-state index in [4.69, 9.17) is 16.7 Å². The molecule has 1 aliphatic carbocycles. The third-order valence-electron chi connectivity index (χ3n) is 3.00. The van der Waals surface area contributed by atoms with Gasteiger partial charge in [-0.15, -0.1) is 0 Å². The molecule has 104 valence electrons. The third kappa shape index (κ3) is 4.16. The first-order valence-corrected chi connectivity index (χ1v) is 6.58. The summed E-state index contributed by atoms with van der Waals surface area (Å²) in [6.07, 6.45) is 2.09. The molecular formula is C13H16ClFN2O2. The Morgan fingerprint density at radius 2 is 2.26 bits per heavy atom. The minimum Gasteiger partial charge on any atom is -0.395 e. The summed E-state index contributed by atoms with van der Waals surface area (Å²) in [4.78, 5) is 13.7. The van der Waals surface area contributed by atoms with E-state index in [-0.39, 0.29) is 29.8 Å². The van der Waals surface area contributed by atoms with E-state index in [1.165, 1.54) is 12.1 Å². The summed E-state index contributed by atoms with van der Waals surface area (Å²) in [6, 6.07) is 4.48. The molecule has 6 heteroatoms. The maximum Gasteiger partial charge on any atom is 0.238 e. The molecule has 0 heterocycles. The number of nitrogens with one attached hydrogen (secondary N) is 1. The highest BCUT2D eigenvalue weighted by Gasteiger charge is 2.29. The lowest BCUT2D eigenvalue weighted by Crippen LogP contribution is -2.36. The van der Waals surface area contributed by atoms with Crippen LogP contribution in [0.2, 0.25) is 5.02 Å². The average Bonchev–Trinajstić information content (AvgIpc) is 3.16. The molecule has 2 N–H and O–H groups in total. The van der Waals surface area contributed by atoms with Crippen molar-refractivity contribution in [3.63, 3.8) is 0 Å². The summed E-state index contributed by atoms with van der Waals surface area (Å²) in [6.45, 7) is 0.633. The summed E-state index contributed by atoms with van der Waals surface area (Å²) >= 11 is 5.64. The second kappa shape index (κ2) is 6.32. The largest absolute Gasteiger partial charge is 0.395 e. The number of nitrogens with zero attached hydrogens (tertiary/aromatic N) is 1. The van der Waals surface area contributed by atoms with Gasteiger partial charge in [0.1, 0.15) is 5.82 Å². The monoisotopic (exact) mass is 286 g/mol. The Balaban J connectivity index is 1.92. The lowest BCUT2D eigenvalue weighted by atomic mass is 10.3. The highest BCUT2D eigenvalue weighted by Crippen LogP contribution is 2.26. The van der Waals surface area contributed by atoms with Gasteiger partial charge in [-0.1, -0.05) is 11.6 Å². The van der Waals surface area contributed by atoms with Gasteiger partial charge in [0.2, 0.25) is 5.91 Å². The summed E-state index contributed by atoms with van der Waals surface area (Å²) in [5.74, 6) is -0.845. The number of amides is 1. The van der Waals surface area contributed by atoms with E-state index < -0.39 is 5.82 Å². The number of hydrogen-bond acceptors (Lipinski definition) is 3. The molecule has 1 fully saturated rings. The predicted octanol–water partition coefficient (Wildman–Crippen LogP) is 1.87. The summed E-state index contributed by atoms with van der Waals surface area (Å²) in [5, 5.41) is 11.7. The van der Waals surface area contributed by atoms with Gasteiger partial charge < -0.3 is 10.4 Å². The highest BCUT2D eigenvalue weighted by molar-refractivity contribution is 6.30. The van der Waals surface area contributed by atoms with E-state index in [9.17, 15) is 9.18 Å². The van der Waals surface area contributed by atoms with E-state index in [1.54, 1.807) is 0 Å². The van der Waals surface area contributed by atoms with Gasteiger partial charge in [-0.3, -0.25) is 9.69 Å². The van der Waals surface area contributed by atoms with Crippen molar-refractivity contribution in [1.29, 1.82) is 0 Å². The molecule has 0 aliphatic heterocycles. The van der Waals surface area contributed by atoms with Crippen molar-refractivity contribution in [3.8, 4) is 0 Å². The van der Waals surface area contributed by atoms with Gasteiger partial charge in [0.05, 0.1) is 18.8 Å². The molecule has 0 radical (unpaired) electrons. The van der Waals surface area contributed by atoms with Crippen LogP contribution in [0.1, 0.15) is 12.8 Å². The quantitative estimate of drug-likeness (QED) is 0.839. The van der Waals surface area contributed by atoms with Gasteiger partial charge in [0, 0.05) is 17.6 Å². The van der Waals surface area contributed by atoms with Crippen molar-refractivity contribution in [2.24, 2.45) is 0 Å². The Labute approximate surface area is 116 Å². The normalized spacial score (nSPS) is 14.7. The molecule has 19 heavy (non-hydrogen) atoms. The number of benzene rings is 1. The molecule has 1 aliphatic rings.